The average Bonchev–Trinajstić information content (AvgIpc) is 3.35. The quantitative estimate of drug-likeness (QED) is 0.400. The summed E-state index contributed by atoms with van der Waals surface area (Å²) in [6.45, 7) is 0. The average molecular weight is 397 g/mol. The van der Waals surface area contributed by atoms with Gasteiger partial charge in [0.15, 0.2) is 5.82 Å². The summed E-state index contributed by atoms with van der Waals surface area (Å²) in [5.41, 5.74) is 1.97. The van der Waals surface area contributed by atoms with Crippen LogP contribution in [0, 0.1) is 0 Å². The summed E-state index contributed by atoms with van der Waals surface area (Å²) >= 11 is 3.02. The van der Waals surface area contributed by atoms with Crippen LogP contribution in [0.2, 0.25) is 0 Å². The highest BCUT2D eigenvalue weighted by atomic mass is 32.2. The number of nitrogens with one attached hydrogen (secondary N) is 1. The van der Waals surface area contributed by atoms with Gasteiger partial charge in [-0.25, -0.2) is 9.66 Å². The minimum Gasteiger partial charge on any atom is -0.335 e. The number of rotatable bonds is 4. The summed E-state index contributed by atoms with van der Waals surface area (Å²) in [5.74, 6) is 7.76. The maximum atomic E-state index is 12.5. The van der Waals surface area contributed by atoms with Gasteiger partial charge >= 0.3 is 0 Å². The van der Waals surface area contributed by atoms with Gasteiger partial charge in [-0.05, 0) is 37.0 Å². The molecule has 0 spiro atoms. The lowest BCUT2D eigenvalue weighted by Crippen LogP contribution is -2.13. The summed E-state index contributed by atoms with van der Waals surface area (Å²) in [5, 5.41) is 9.62. The van der Waals surface area contributed by atoms with Crippen LogP contribution in [0.25, 0.3) is 21.6 Å². The third-order valence-corrected chi connectivity index (χ3v) is 6.71. The van der Waals surface area contributed by atoms with Gasteiger partial charge in [0.05, 0.1) is 11.1 Å². The molecular formula is C17H15N7OS2. The Morgan fingerprint density at radius 1 is 1.26 bits per heavy atom. The first-order valence-electron chi connectivity index (χ1n) is 8.48. The monoisotopic (exact) mass is 397 g/mol. The summed E-state index contributed by atoms with van der Waals surface area (Å²) in [7, 11) is 0. The summed E-state index contributed by atoms with van der Waals surface area (Å²) < 4.78 is 1.44. The first-order valence-corrected chi connectivity index (χ1v) is 10.3. The van der Waals surface area contributed by atoms with Gasteiger partial charge in [-0.2, -0.15) is 0 Å². The highest BCUT2D eigenvalue weighted by Gasteiger charge is 2.21. The van der Waals surface area contributed by atoms with Gasteiger partial charge in [0.2, 0.25) is 5.16 Å². The zero-order valence-corrected chi connectivity index (χ0v) is 15.8. The Hall–Kier alpha value is -2.72. The number of H-pyrrole nitrogens is 1. The van der Waals surface area contributed by atoms with Gasteiger partial charge in [0.25, 0.3) is 5.56 Å². The molecule has 0 amide bonds. The van der Waals surface area contributed by atoms with Gasteiger partial charge in [0.1, 0.15) is 10.7 Å². The van der Waals surface area contributed by atoms with Crippen LogP contribution < -0.4 is 11.4 Å². The molecule has 27 heavy (non-hydrogen) atoms. The van der Waals surface area contributed by atoms with Gasteiger partial charge in [0, 0.05) is 22.8 Å². The molecule has 0 aromatic carbocycles. The number of aromatic amines is 1. The molecular weight excluding hydrogens is 382 g/mol. The topological polar surface area (TPSA) is 115 Å². The zero-order valence-electron chi connectivity index (χ0n) is 14.2. The number of pyridine rings is 1. The van der Waals surface area contributed by atoms with Gasteiger partial charge in [-0.1, -0.05) is 11.8 Å². The van der Waals surface area contributed by atoms with Crippen LogP contribution >= 0.6 is 23.1 Å². The Kier molecular flexibility index (Phi) is 3.94. The number of hydrogen-bond acceptors (Lipinski definition) is 8. The van der Waals surface area contributed by atoms with Gasteiger partial charge < -0.3 is 10.8 Å². The van der Waals surface area contributed by atoms with Crippen molar-refractivity contribution in [2.45, 2.75) is 30.2 Å². The maximum absolute atomic E-state index is 12.5. The third-order valence-electron chi connectivity index (χ3n) is 4.57. The Morgan fingerprint density at radius 2 is 2.11 bits per heavy atom. The van der Waals surface area contributed by atoms with E-state index in [1.165, 1.54) is 26.9 Å². The fourth-order valence-electron chi connectivity index (χ4n) is 3.32. The fourth-order valence-corrected chi connectivity index (χ4v) is 5.33. The molecule has 1 aliphatic carbocycles. The molecule has 0 bridgehead atoms. The van der Waals surface area contributed by atoms with E-state index in [-0.39, 0.29) is 5.56 Å². The second-order valence-corrected chi connectivity index (χ2v) is 8.28. The molecule has 3 N–H and O–H groups in total. The van der Waals surface area contributed by atoms with Crippen LogP contribution in [0.3, 0.4) is 0 Å². The molecule has 0 saturated carbocycles. The second-order valence-electron chi connectivity index (χ2n) is 6.25. The lowest BCUT2D eigenvalue weighted by molar-refractivity contribution is 0.847. The van der Waals surface area contributed by atoms with E-state index in [4.69, 9.17) is 5.84 Å². The normalized spacial score (nSPS) is 13.3. The molecule has 4 aromatic heterocycles. The smallest absolute Gasteiger partial charge is 0.259 e. The van der Waals surface area contributed by atoms with Crippen molar-refractivity contribution in [1.82, 2.24) is 29.8 Å². The molecule has 1 aliphatic rings. The van der Waals surface area contributed by atoms with E-state index in [1.807, 2.05) is 12.1 Å². The van der Waals surface area contributed by atoms with Crippen LogP contribution in [-0.4, -0.2) is 29.8 Å². The summed E-state index contributed by atoms with van der Waals surface area (Å²) in [4.78, 5) is 26.2. The predicted octanol–water partition coefficient (Wildman–Crippen LogP) is 2.13. The van der Waals surface area contributed by atoms with Crippen LogP contribution in [-0.2, 0) is 18.6 Å². The van der Waals surface area contributed by atoms with Crippen LogP contribution in [0.4, 0.5) is 0 Å². The van der Waals surface area contributed by atoms with E-state index < -0.39 is 0 Å². The van der Waals surface area contributed by atoms with Crippen LogP contribution in [0.5, 0.6) is 0 Å². The number of hydrogen-bond donors (Lipinski definition) is 2. The van der Waals surface area contributed by atoms with E-state index in [0.29, 0.717) is 22.6 Å². The lowest BCUT2D eigenvalue weighted by Gasteiger charge is -2.04. The van der Waals surface area contributed by atoms with Crippen molar-refractivity contribution in [1.29, 1.82) is 0 Å². The molecule has 0 saturated heterocycles. The van der Waals surface area contributed by atoms with Crippen molar-refractivity contribution < 1.29 is 0 Å². The Morgan fingerprint density at radius 3 is 2.96 bits per heavy atom. The molecule has 10 heteroatoms. The standard InChI is InChI=1S/C17H15N7OS2/c18-24-14(9-4-6-19-7-5-9)22-23-17(24)26-8-12-20-15(25)13-10-2-1-3-11(10)27-16(13)21-12/h4-7H,1-3,8,18H2,(H,20,21,25). The SMILES string of the molecule is Nn1c(SCc2nc3sc4c(c3c(=O)[nH]2)CCC4)nnc1-c1ccncc1. The number of fused-ring (bicyclic) bond motifs is 3. The van der Waals surface area contributed by atoms with Crippen molar-refractivity contribution in [3.05, 3.63) is 51.1 Å². The summed E-state index contributed by atoms with van der Waals surface area (Å²) in [6.07, 6.45) is 6.51. The fraction of sp³-hybridized carbons (Fsp3) is 0.235. The van der Waals surface area contributed by atoms with E-state index in [0.717, 1.165) is 35.0 Å². The lowest BCUT2D eigenvalue weighted by atomic mass is 10.2. The number of nitrogens with two attached hydrogens (primary N) is 1. The molecule has 4 heterocycles. The summed E-state index contributed by atoms with van der Waals surface area (Å²) in [6, 6.07) is 3.65. The second kappa shape index (κ2) is 6.46. The molecule has 8 nitrogen and oxygen atoms in total. The Balaban J connectivity index is 1.41. The molecule has 0 fully saturated rings. The molecule has 136 valence electrons. The number of aromatic nitrogens is 6. The molecule has 5 rings (SSSR count). The molecule has 0 aliphatic heterocycles. The van der Waals surface area contributed by atoms with E-state index in [1.54, 1.807) is 23.7 Å². The third kappa shape index (κ3) is 2.81. The first-order chi connectivity index (χ1) is 13.2. The first kappa shape index (κ1) is 16.5. The highest BCUT2D eigenvalue weighted by molar-refractivity contribution is 7.98. The van der Waals surface area contributed by atoms with Crippen LogP contribution in [0.1, 0.15) is 22.7 Å². The Bertz CT molecular complexity index is 1200. The van der Waals surface area contributed by atoms with Crippen molar-refractivity contribution in [2.24, 2.45) is 0 Å². The largest absolute Gasteiger partial charge is 0.335 e. The molecule has 4 aromatic rings. The molecule has 0 radical (unpaired) electrons. The van der Waals surface area contributed by atoms with Crippen molar-refractivity contribution in [2.75, 3.05) is 5.84 Å². The highest BCUT2D eigenvalue weighted by Crippen LogP contribution is 2.34. The zero-order chi connectivity index (χ0) is 18.4. The number of nitrogen functional groups attached to an aromatic ring is 1. The predicted molar refractivity (Wildman–Crippen MR) is 105 cm³/mol. The van der Waals surface area contributed by atoms with Gasteiger partial charge in [-0.15, -0.1) is 21.5 Å². The van der Waals surface area contributed by atoms with Crippen LogP contribution in [0.15, 0.2) is 34.5 Å². The maximum Gasteiger partial charge on any atom is 0.259 e. The van der Waals surface area contributed by atoms with E-state index in [2.05, 4.69) is 25.1 Å². The number of thiophene rings is 1. The molecule has 0 unspecified atom stereocenters. The Labute approximate surface area is 161 Å². The number of nitrogens with zero attached hydrogens (tertiary/aromatic N) is 5. The van der Waals surface area contributed by atoms with E-state index >= 15 is 0 Å². The number of thioether (sulfide) groups is 1. The molecule has 0 atom stereocenters. The minimum atomic E-state index is -0.0540. The van der Waals surface area contributed by atoms with Crippen molar-refractivity contribution >= 4 is 33.3 Å². The van der Waals surface area contributed by atoms with Crippen molar-refractivity contribution in [3.8, 4) is 11.4 Å². The van der Waals surface area contributed by atoms with E-state index in [9.17, 15) is 4.79 Å². The van der Waals surface area contributed by atoms with Crippen molar-refractivity contribution in [3.63, 3.8) is 0 Å². The van der Waals surface area contributed by atoms with Gasteiger partial charge in [-0.3, -0.25) is 9.78 Å². The minimum absolute atomic E-state index is 0.0540. The number of aryl methyl sites for hydroxylation is 2.